The molecule has 21 heavy (non-hydrogen) atoms. The number of hydrogen-bond acceptors (Lipinski definition) is 4. The summed E-state index contributed by atoms with van der Waals surface area (Å²) in [6.45, 7) is 5.97. The fraction of sp³-hybridized carbons (Fsp3) is 0.500. The molecule has 116 valence electrons. The number of carboxylic acids is 1. The molecular formula is C14H19FN2O4. The van der Waals surface area contributed by atoms with Crippen LogP contribution in [-0.2, 0) is 0 Å². The number of halogens is 1. The summed E-state index contributed by atoms with van der Waals surface area (Å²) < 4.78 is 13.7. The van der Waals surface area contributed by atoms with Crippen molar-refractivity contribution < 1.29 is 19.2 Å². The number of nitro benzene ring substituents is 1. The molecule has 2 N–H and O–H groups in total. The highest BCUT2D eigenvalue weighted by Crippen LogP contribution is 2.29. The molecule has 0 aliphatic carbocycles. The molecule has 0 saturated heterocycles. The molecule has 0 aliphatic rings. The van der Waals surface area contributed by atoms with Crippen molar-refractivity contribution in [1.29, 1.82) is 0 Å². The van der Waals surface area contributed by atoms with E-state index in [4.69, 9.17) is 5.11 Å². The van der Waals surface area contributed by atoms with E-state index in [0.29, 0.717) is 5.92 Å². The molecule has 0 fully saturated rings. The summed E-state index contributed by atoms with van der Waals surface area (Å²) in [6, 6.07) is 1.53. The topological polar surface area (TPSA) is 92.5 Å². The van der Waals surface area contributed by atoms with Gasteiger partial charge in [-0.2, -0.15) is 0 Å². The van der Waals surface area contributed by atoms with E-state index in [2.05, 4.69) is 19.2 Å². The van der Waals surface area contributed by atoms with Gasteiger partial charge in [-0.05, 0) is 25.7 Å². The third-order valence-electron chi connectivity index (χ3n) is 3.09. The van der Waals surface area contributed by atoms with Crippen molar-refractivity contribution in [1.82, 2.24) is 0 Å². The summed E-state index contributed by atoms with van der Waals surface area (Å²) in [5, 5.41) is 22.7. The van der Waals surface area contributed by atoms with E-state index < -0.39 is 28.0 Å². The lowest BCUT2D eigenvalue weighted by molar-refractivity contribution is -0.384. The molecule has 1 aromatic rings. The van der Waals surface area contributed by atoms with Crippen molar-refractivity contribution in [3.63, 3.8) is 0 Å². The van der Waals surface area contributed by atoms with E-state index in [1.165, 1.54) is 0 Å². The zero-order valence-electron chi connectivity index (χ0n) is 12.2. The molecule has 0 amide bonds. The van der Waals surface area contributed by atoms with Crippen LogP contribution in [0.15, 0.2) is 12.1 Å². The Morgan fingerprint density at radius 2 is 2.00 bits per heavy atom. The van der Waals surface area contributed by atoms with E-state index in [1.807, 2.05) is 6.92 Å². The van der Waals surface area contributed by atoms with E-state index >= 15 is 0 Å². The van der Waals surface area contributed by atoms with Gasteiger partial charge in [0.15, 0.2) is 0 Å². The van der Waals surface area contributed by atoms with Crippen LogP contribution in [0.5, 0.6) is 0 Å². The summed E-state index contributed by atoms with van der Waals surface area (Å²) in [5.74, 6) is -2.03. The van der Waals surface area contributed by atoms with Crippen LogP contribution in [0.25, 0.3) is 0 Å². The summed E-state index contributed by atoms with van der Waals surface area (Å²) in [4.78, 5) is 21.1. The summed E-state index contributed by atoms with van der Waals surface area (Å²) >= 11 is 0. The zero-order valence-corrected chi connectivity index (χ0v) is 12.2. The maximum absolute atomic E-state index is 13.7. The Balaban J connectivity index is 3.03. The van der Waals surface area contributed by atoms with Gasteiger partial charge in [-0.3, -0.25) is 10.1 Å². The second-order valence-electron chi connectivity index (χ2n) is 5.43. The first-order valence-electron chi connectivity index (χ1n) is 6.70. The van der Waals surface area contributed by atoms with Gasteiger partial charge >= 0.3 is 5.97 Å². The number of anilines is 1. The summed E-state index contributed by atoms with van der Waals surface area (Å²) in [6.07, 6.45) is 1.70. The van der Waals surface area contributed by atoms with Crippen molar-refractivity contribution in [2.24, 2.45) is 5.92 Å². The first-order valence-corrected chi connectivity index (χ1v) is 6.70. The van der Waals surface area contributed by atoms with Crippen LogP contribution in [0.1, 0.15) is 44.0 Å². The van der Waals surface area contributed by atoms with Crippen LogP contribution in [-0.4, -0.2) is 22.0 Å². The molecule has 0 aromatic heterocycles. The molecule has 0 radical (unpaired) electrons. The van der Waals surface area contributed by atoms with Crippen molar-refractivity contribution in [3.8, 4) is 0 Å². The zero-order chi connectivity index (χ0) is 16.2. The number of carbonyl (C=O) groups is 1. The van der Waals surface area contributed by atoms with Crippen LogP contribution in [0.4, 0.5) is 15.8 Å². The summed E-state index contributed by atoms with van der Waals surface area (Å²) in [5.41, 5.74) is -1.15. The highest BCUT2D eigenvalue weighted by molar-refractivity contribution is 5.90. The minimum atomic E-state index is -1.53. The second kappa shape index (κ2) is 7.01. The first-order chi connectivity index (χ1) is 9.72. The molecule has 1 unspecified atom stereocenters. The standard InChI is InChI=1S/C14H19FN2O4/c1-8(2)4-5-9(3)16-12-7-11(15)10(14(18)19)6-13(12)17(20)21/h6-9,16H,4-5H2,1-3H3,(H,18,19). The highest BCUT2D eigenvalue weighted by Gasteiger charge is 2.22. The minimum Gasteiger partial charge on any atom is -0.478 e. The van der Waals surface area contributed by atoms with Gasteiger partial charge in [0.1, 0.15) is 17.1 Å². The normalized spacial score (nSPS) is 12.2. The van der Waals surface area contributed by atoms with E-state index in [1.54, 1.807) is 0 Å². The number of nitrogens with one attached hydrogen (secondary N) is 1. The molecule has 0 saturated carbocycles. The Labute approximate surface area is 122 Å². The Bertz CT molecular complexity index is 546. The Kier molecular flexibility index (Phi) is 5.63. The number of rotatable bonds is 7. The van der Waals surface area contributed by atoms with Crippen molar-refractivity contribution >= 4 is 17.3 Å². The van der Waals surface area contributed by atoms with Gasteiger partial charge in [0.2, 0.25) is 0 Å². The van der Waals surface area contributed by atoms with Gasteiger partial charge in [-0.1, -0.05) is 13.8 Å². The number of aromatic carboxylic acids is 1. The maximum Gasteiger partial charge on any atom is 0.338 e. The molecule has 0 bridgehead atoms. The molecular weight excluding hydrogens is 279 g/mol. The van der Waals surface area contributed by atoms with E-state index in [-0.39, 0.29) is 11.7 Å². The minimum absolute atomic E-state index is 0.00115. The predicted molar refractivity (Wildman–Crippen MR) is 77.2 cm³/mol. The Morgan fingerprint density at radius 3 is 2.48 bits per heavy atom. The average Bonchev–Trinajstić information content (AvgIpc) is 2.35. The molecule has 1 aromatic carbocycles. The van der Waals surface area contributed by atoms with Gasteiger partial charge in [-0.15, -0.1) is 0 Å². The first kappa shape index (κ1) is 16.9. The number of nitro groups is 1. The number of hydrogen-bond donors (Lipinski definition) is 2. The smallest absolute Gasteiger partial charge is 0.338 e. The number of benzene rings is 1. The molecule has 1 rings (SSSR count). The van der Waals surface area contributed by atoms with Crippen LogP contribution in [0.2, 0.25) is 0 Å². The van der Waals surface area contributed by atoms with Gasteiger partial charge in [0.25, 0.3) is 5.69 Å². The lowest BCUT2D eigenvalue weighted by atomic mass is 10.0. The van der Waals surface area contributed by atoms with Gasteiger partial charge < -0.3 is 10.4 Å². The Hall–Kier alpha value is -2.18. The number of nitrogens with zero attached hydrogens (tertiary/aromatic N) is 1. The third kappa shape index (κ3) is 4.70. The van der Waals surface area contributed by atoms with Crippen LogP contribution >= 0.6 is 0 Å². The molecule has 0 heterocycles. The third-order valence-corrected chi connectivity index (χ3v) is 3.09. The molecule has 0 aliphatic heterocycles. The SMILES string of the molecule is CC(C)CCC(C)Nc1cc(F)c(C(=O)O)cc1[N+](=O)[O-]. The molecule has 0 spiro atoms. The van der Waals surface area contributed by atoms with Gasteiger partial charge in [-0.25, -0.2) is 9.18 Å². The molecule has 6 nitrogen and oxygen atoms in total. The molecule has 7 heteroatoms. The lowest BCUT2D eigenvalue weighted by Crippen LogP contribution is -2.17. The van der Waals surface area contributed by atoms with Crippen molar-refractivity contribution in [2.75, 3.05) is 5.32 Å². The second-order valence-corrected chi connectivity index (χ2v) is 5.43. The monoisotopic (exact) mass is 298 g/mol. The maximum atomic E-state index is 13.7. The van der Waals surface area contributed by atoms with Crippen LogP contribution in [0.3, 0.4) is 0 Å². The van der Waals surface area contributed by atoms with E-state index in [9.17, 15) is 19.3 Å². The molecule has 1 atom stereocenters. The fourth-order valence-electron chi connectivity index (χ4n) is 1.91. The average molecular weight is 298 g/mol. The highest BCUT2D eigenvalue weighted by atomic mass is 19.1. The largest absolute Gasteiger partial charge is 0.478 e. The van der Waals surface area contributed by atoms with Crippen LogP contribution in [0, 0.1) is 21.8 Å². The quantitative estimate of drug-likeness (QED) is 0.592. The fourth-order valence-corrected chi connectivity index (χ4v) is 1.91. The predicted octanol–water partition coefficient (Wildman–Crippen LogP) is 3.67. The lowest BCUT2D eigenvalue weighted by Gasteiger charge is -2.16. The summed E-state index contributed by atoms with van der Waals surface area (Å²) in [7, 11) is 0. The van der Waals surface area contributed by atoms with Gasteiger partial charge in [0, 0.05) is 18.2 Å². The van der Waals surface area contributed by atoms with E-state index in [0.717, 1.165) is 25.0 Å². The Morgan fingerprint density at radius 1 is 1.38 bits per heavy atom. The van der Waals surface area contributed by atoms with Crippen molar-refractivity contribution in [2.45, 2.75) is 39.7 Å². The van der Waals surface area contributed by atoms with Crippen LogP contribution < -0.4 is 5.32 Å². The number of carboxylic acid groups (broad SMARTS) is 1. The van der Waals surface area contributed by atoms with Gasteiger partial charge in [0.05, 0.1) is 4.92 Å². The van der Waals surface area contributed by atoms with Crippen molar-refractivity contribution in [3.05, 3.63) is 33.6 Å².